The lowest BCUT2D eigenvalue weighted by atomic mass is 9.98. The van der Waals surface area contributed by atoms with E-state index in [4.69, 9.17) is 4.74 Å². The molecule has 2 heterocycles. The number of likely N-dealkylation sites (tertiary alicyclic amines) is 1. The van der Waals surface area contributed by atoms with Crippen LogP contribution in [0.4, 0.5) is 5.69 Å². The van der Waals surface area contributed by atoms with Crippen LogP contribution < -0.4 is 9.64 Å². The Kier molecular flexibility index (Phi) is 4.78. The fourth-order valence-electron chi connectivity index (χ4n) is 3.76. The lowest BCUT2D eigenvalue weighted by molar-refractivity contribution is -0.137. The van der Waals surface area contributed by atoms with Crippen molar-refractivity contribution >= 4 is 17.5 Å². The molecule has 2 aliphatic heterocycles. The Balaban J connectivity index is 1.76. The Morgan fingerprint density at radius 1 is 1.29 bits per heavy atom. The number of benzene rings is 1. The molecule has 3 rings (SSSR count). The Bertz CT molecular complexity index is 643. The van der Waals surface area contributed by atoms with Crippen molar-refractivity contribution in [2.24, 2.45) is 11.8 Å². The van der Waals surface area contributed by atoms with Crippen molar-refractivity contribution in [1.29, 1.82) is 0 Å². The lowest BCUT2D eigenvalue weighted by Crippen LogP contribution is -2.43. The molecular weight excluding hydrogens is 304 g/mol. The molecule has 2 fully saturated rings. The first-order valence-electron chi connectivity index (χ1n) is 8.73. The Morgan fingerprint density at radius 2 is 2.08 bits per heavy atom. The standard InChI is InChI=1S/C19H26N2O3/c1-13-6-7-17(24-3)16(9-13)21-12-15(10-18(21)22)19(23)20-8-4-5-14(2)11-20/h6-7,9,14-15H,4-5,8,10-12H2,1-3H3/t14-,15-/m1/s1. The van der Waals surface area contributed by atoms with Gasteiger partial charge in [0.1, 0.15) is 5.75 Å². The largest absolute Gasteiger partial charge is 0.495 e. The number of aryl methyl sites for hydroxylation is 1. The highest BCUT2D eigenvalue weighted by Gasteiger charge is 2.38. The van der Waals surface area contributed by atoms with E-state index in [-0.39, 0.29) is 17.7 Å². The smallest absolute Gasteiger partial charge is 0.228 e. The zero-order chi connectivity index (χ0) is 17.3. The van der Waals surface area contributed by atoms with Gasteiger partial charge in [0.15, 0.2) is 0 Å². The predicted molar refractivity (Wildman–Crippen MR) is 93.2 cm³/mol. The summed E-state index contributed by atoms with van der Waals surface area (Å²) in [6.07, 6.45) is 2.53. The summed E-state index contributed by atoms with van der Waals surface area (Å²) < 4.78 is 5.40. The summed E-state index contributed by atoms with van der Waals surface area (Å²) in [5, 5.41) is 0. The van der Waals surface area contributed by atoms with Gasteiger partial charge in [0, 0.05) is 26.1 Å². The van der Waals surface area contributed by atoms with Gasteiger partial charge < -0.3 is 14.5 Å². The molecule has 0 radical (unpaired) electrons. The van der Waals surface area contributed by atoms with Gasteiger partial charge in [-0.3, -0.25) is 9.59 Å². The summed E-state index contributed by atoms with van der Waals surface area (Å²) in [5.41, 5.74) is 1.84. The molecule has 0 N–H and O–H groups in total. The van der Waals surface area contributed by atoms with Crippen LogP contribution in [0.15, 0.2) is 18.2 Å². The van der Waals surface area contributed by atoms with E-state index in [0.29, 0.717) is 24.6 Å². The molecule has 0 aromatic heterocycles. The van der Waals surface area contributed by atoms with Gasteiger partial charge in [-0.05, 0) is 43.4 Å². The number of anilines is 1. The topological polar surface area (TPSA) is 49.9 Å². The minimum atomic E-state index is -0.243. The average Bonchev–Trinajstić information content (AvgIpc) is 2.95. The molecular formula is C19H26N2O3. The highest BCUT2D eigenvalue weighted by atomic mass is 16.5. The maximum absolute atomic E-state index is 12.8. The fourth-order valence-corrected chi connectivity index (χ4v) is 3.76. The average molecular weight is 330 g/mol. The van der Waals surface area contributed by atoms with Crippen molar-refractivity contribution in [3.05, 3.63) is 23.8 Å². The first-order chi connectivity index (χ1) is 11.5. The molecule has 0 bridgehead atoms. The third-order valence-electron chi connectivity index (χ3n) is 5.07. The number of methoxy groups -OCH3 is 1. The van der Waals surface area contributed by atoms with Crippen molar-refractivity contribution < 1.29 is 14.3 Å². The van der Waals surface area contributed by atoms with Gasteiger partial charge in [-0.15, -0.1) is 0 Å². The summed E-state index contributed by atoms with van der Waals surface area (Å²) in [4.78, 5) is 29.0. The van der Waals surface area contributed by atoms with E-state index in [2.05, 4.69) is 6.92 Å². The number of rotatable bonds is 3. The van der Waals surface area contributed by atoms with E-state index in [9.17, 15) is 9.59 Å². The van der Waals surface area contributed by atoms with Crippen LogP contribution in [0.2, 0.25) is 0 Å². The van der Waals surface area contributed by atoms with Crippen LogP contribution in [-0.2, 0) is 9.59 Å². The summed E-state index contributed by atoms with van der Waals surface area (Å²) >= 11 is 0. The van der Waals surface area contributed by atoms with E-state index in [1.807, 2.05) is 30.0 Å². The molecule has 2 amide bonds. The SMILES string of the molecule is COc1ccc(C)cc1N1C[C@H](C(=O)N2CCC[C@@H](C)C2)CC1=O. The monoisotopic (exact) mass is 330 g/mol. The summed E-state index contributed by atoms with van der Waals surface area (Å²) in [5.74, 6) is 1.11. The van der Waals surface area contributed by atoms with Crippen LogP contribution in [-0.4, -0.2) is 43.5 Å². The van der Waals surface area contributed by atoms with Crippen molar-refractivity contribution in [3.8, 4) is 5.75 Å². The van der Waals surface area contributed by atoms with E-state index in [0.717, 1.165) is 30.8 Å². The molecule has 130 valence electrons. The number of amides is 2. The maximum atomic E-state index is 12.8. The molecule has 5 heteroatoms. The molecule has 5 nitrogen and oxygen atoms in total. The molecule has 24 heavy (non-hydrogen) atoms. The maximum Gasteiger partial charge on any atom is 0.228 e. The first kappa shape index (κ1) is 16.8. The summed E-state index contributed by atoms with van der Waals surface area (Å²) in [7, 11) is 1.60. The predicted octanol–water partition coefficient (Wildman–Crippen LogP) is 2.62. The summed E-state index contributed by atoms with van der Waals surface area (Å²) in [6.45, 7) is 6.26. The van der Waals surface area contributed by atoms with Gasteiger partial charge in [-0.2, -0.15) is 0 Å². The van der Waals surface area contributed by atoms with E-state index in [1.54, 1.807) is 12.0 Å². The Labute approximate surface area is 143 Å². The van der Waals surface area contributed by atoms with Crippen molar-refractivity contribution in [2.45, 2.75) is 33.1 Å². The quantitative estimate of drug-likeness (QED) is 0.856. The highest BCUT2D eigenvalue weighted by molar-refractivity contribution is 6.01. The number of piperidine rings is 1. The Morgan fingerprint density at radius 3 is 2.79 bits per heavy atom. The third-order valence-corrected chi connectivity index (χ3v) is 5.07. The molecule has 1 aromatic carbocycles. The zero-order valence-electron chi connectivity index (χ0n) is 14.7. The van der Waals surface area contributed by atoms with Gasteiger partial charge in [0.25, 0.3) is 0 Å². The lowest BCUT2D eigenvalue weighted by Gasteiger charge is -2.32. The molecule has 2 atom stereocenters. The Hall–Kier alpha value is -2.04. The second-order valence-electron chi connectivity index (χ2n) is 7.11. The van der Waals surface area contributed by atoms with Crippen LogP contribution in [0.1, 0.15) is 31.7 Å². The number of ether oxygens (including phenoxy) is 1. The van der Waals surface area contributed by atoms with Crippen LogP contribution >= 0.6 is 0 Å². The second-order valence-corrected chi connectivity index (χ2v) is 7.11. The van der Waals surface area contributed by atoms with Crippen molar-refractivity contribution in [2.75, 3.05) is 31.6 Å². The van der Waals surface area contributed by atoms with Gasteiger partial charge in [0.2, 0.25) is 11.8 Å². The van der Waals surface area contributed by atoms with Gasteiger partial charge in [-0.25, -0.2) is 0 Å². The third kappa shape index (κ3) is 3.25. The number of carbonyl (C=O) groups is 2. The molecule has 2 aliphatic rings. The second kappa shape index (κ2) is 6.83. The van der Waals surface area contributed by atoms with Crippen molar-refractivity contribution in [1.82, 2.24) is 4.90 Å². The molecule has 1 aromatic rings. The fraction of sp³-hybridized carbons (Fsp3) is 0.579. The van der Waals surface area contributed by atoms with Crippen LogP contribution in [0.3, 0.4) is 0 Å². The molecule has 0 unspecified atom stereocenters. The normalized spacial score (nSPS) is 24.4. The van der Waals surface area contributed by atoms with Gasteiger partial charge in [0.05, 0.1) is 18.7 Å². The minimum Gasteiger partial charge on any atom is -0.495 e. The van der Waals surface area contributed by atoms with Crippen LogP contribution in [0.25, 0.3) is 0 Å². The number of hydrogen-bond acceptors (Lipinski definition) is 3. The van der Waals surface area contributed by atoms with E-state index in [1.165, 1.54) is 6.42 Å². The van der Waals surface area contributed by atoms with E-state index >= 15 is 0 Å². The van der Waals surface area contributed by atoms with Crippen LogP contribution in [0.5, 0.6) is 5.75 Å². The number of nitrogens with zero attached hydrogens (tertiary/aromatic N) is 2. The molecule has 0 saturated carbocycles. The minimum absolute atomic E-state index is 0.00214. The van der Waals surface area contributed by atoms with Gasteiger partial charge in [-0.1, -0.05) is 13.0 Å². The van der Waals surface area contributed by atoms with Crippen molar-refractivity contribution in [3.63, 3.8) is 0 Å². The molecule has 2 saturated heterocycles. The molecule has 0 spiro atoms. The van der Waals surface area contributed by atoms with Crippen LogP contribution in [0, 0.1) is 18.8 Å². The zero-order valence-corrected chi connectivity index (χ0v) is 14.7. The van der Waals surface area contributed by atoms with E-state index < -0.39 is 0 Å². The first-order valence-corrected chi connectivity index (χ1v) is 8.73. The number of carbonyl (C=O) groups excluding carboxylic acids is 2. The van der Waals surface area contributed by atoms with Gasteiger partial charge >= 0.3 is 0 Å². The number of hydrogen-bond donors (Lipinski definition) is 0. The molecule has 0 aliphatic carbocycles. The highest BCUT2D eigenvalue weighted by Crippen LogP contribution is 2.34. The summed E-state index contributed by atoms with van der Waals surface area (Å²) in [6, 6.07) is 5.78.